The molecule has 0 spiro atoms. The van der Waals surface area contributed by atoms with Crippen molar-refractivity contribution in [3.05, 3.63) is 29.3 Å². The molecule has 2 N–H and O–H groups in total. The number of hydrogen-bond acceptors (Lipinski definition) is 6. The van der Waals surface area contributed by atoms with Crippen LogP contribution in [-0.2, 0) is 4.74 Å². The molecule has 1 aromatic rings. The summed E-state index contributed by atoms with van der Waals surface area (Å²) in [7, 11) is 1.62. The predicted octanol–water partition coefficient (Wildman–Crippen LogP) is -0.284. The first kappa shape index (κ1) is 22.0. The standard InChI is InChI=1S/C19H28I2N5O2/c1-14-3-4-15(13-17(14)27-2)18(22)28-19(23)25-7-5-16(6-8-25)24-9-11-26(21-20)12-10-24/h3-4,13,16,22-23H,5-12H2,1-2H3/q-1. The van der Waals surface area contributed by atoms with Gasteiger partial charge in [0.05, 0.1) is 7.11 Å². The summed E-state index contributed by atoms with van der Waals surface area (Å²) in [4.78, 5) is 4.57. The van der Waals surface area contributed by atoms with Crippen LogP contribution in [0.4, 0.5) is 0 Å². The van der Waals surface area contributed by atoms with Gasteiger partial charge in [-0.3, -0.25) is 0 Å². The van der Waals surface area contributed by atoms with Crippen LogP contribution in [0.5, 0.6) is 5.75 Å². The van der Waals surface area contributed by atoms with E-state index in [0.29, 0.717) is 11.6 Å². The van der Waals surface area contributed by atoms with Crippen LogP contribution in [0.15, 0.2) is 18.2 Å². The summed E-state index contributed by atoms with van der Waals surface area (Å²) in [5.41, 5.74) is 1.63. The van der Waals surface area contributed by atoms with Gasteiger partial charge in [-0.1, -0.05) is 6.07 Å². The average Bonchev–Trinajstić information content (AvgIpc) is 2.74. The van der Waals surface area contributed by atoms with E-state index in [1.807, 2.05) is 24.0 Å². The van der Waals surface area contributed by atoms with Crippen molar-refractivity contribution in [2.24, 2.45) is 0 Å². The molecule has 2 saturated heterocycles. The fourth-order valence-corrected chi connectivity index (χ4v) is 6.98. The number of likely N-dealkylation sites (tertiary alicyclic amines) is 1. The van der Waals surface area contributed by atoms with Crippen LogP contribution in [0.25, 0.3) is 0 Å². The summed E-state index contributed by atoms with van der Waals surface area (Å²) in [6.07, 6.45) is 2.10. The Balaban J connectivity index is 1.48. The van der Waals surface area contributed by atoms with Gasteiger partial charge in [0.1, 0.15) is 5.75 Å². The molecule has 0 aliphatic carbocycles. The molecule has 1 aromatic carbocycles. The summed E-state index contributed by atoms with van der Waals surface area (Å²) >= 11 is 2.74. The molecule has 28 heavy (non-hydrogen) atoms. The summed E-state index contributed by atoms with van der Waals surface area (Å²) < 4.78 is 13.5. The van der Waals surface area contributed by atoms with Gasteiger partial charge < -0.3 is 4.74 Å². The Kier molecular flexibility index (Phi) is 8.18. The smallest absolute Gasteiger partial charge is 0.00897 e. The number of nitrogens with one attached hydrogen (secondary N) is 2. The normalized spacial score (nSPS) is 19.6. The van der Waals surface area contributed by atoms with E-state index in [9.17, 15) is 0 Å². The van der Waals surface area contributed by atoms with E-state index in [4.69, 9.17) is 20.3 Å². The van der Waals surface area contributed by atoms with E-state index in [-0.39, 0.29) is 29.4 Å². The van der Waals surface area contributed by atoms with E-state index in [1.165, 1.54) is 26.2 Å². The van der Waals surface area contributed by atoms with Gasteiger partial charge in [-0.2, -0.15) is 0 Å². The average molecular weight is 612 g/mol. The number of halogens is 2. The number of methoxy groups -OCH3 is 1. The van der Waals surface area contributed by atoms with Gasteiger partial charge in [0.25, 0.3) is 0 Å². The molecule has 0 unspecified atom stereocenters. The van der Waals surface area contributed by atoms with Gasteiger partial charge in [-0.25, -0.2) is 0 Å². The Morgan fingerprint density at radius 1 is 1.11 bits per heavy atom. The molecular formula is C19H28I2N5O2-. The molecule has 156 valence electrons. The topological polar surface area (TPSA) is 75.9 Å². The molecule has 0 amide bonds. The van der Waals surface area contributed by atoms with Crippen molar-refractivity contribution in [2.75, 3.05) is 46.4 Å². The van der Waals surface area contributed by atoms with Gasteiger partial charge in [-0.15, -0.1) is 0 Å². The minimum atomic E-state index is -0.0105. The zero-order valence-electron chi connectivity index (χ0n) is 16.4. The Hall–Kier alpha value is -0.660. The molecule has 2 aliphatic rings. The van der Waals surface area contributed by atoms with Crippen LogP contribution >= 0.6 is 18.6 Å². The number of ether oxygens (including phenoxy) is 2. The second kappa shape index (κ2) is 10.4. The van der Waals surface area contributed by atoms with Crippen molar-refractivity contribution in [1.82, 2.24) is 12.9 Å². The van der Waals surface area contributed by atoms with Gasteiger partial charge in [-0.05, 0) is 24.6 Å². The van der Waals surface area contributed by atoms with Crippen molar-refractivity contribution in [2.45, 2.75) is 25.8 Å². The third kappa shape index (κ3) is 5.48. The number of aryl methyl sites for hydroxylation is 1. The second-order valence-electron chi connectivity index (χ2n) is 7.15. The van der Waals surface area contributed by atoms with Crippen LogP contribution in [-0.4, -0.2) is 77.3 Å². The summed E-state index contributed by atoms with van der Waals surface area (Å²) in [6.45, 7) is 8.32. The van der Waals surface area contributed by atoms with Crippen molar-refractivity contribution >= 4 is 30.5 Å². The third-order valence-corrected chi connectivity index (χ3v) is 10.4. The Bertz CT molecular complexity index is 702. The molecule has 0 aromatic heterocycles. The maximum atomic E-state index is 8.28. The largest absolute Gasteiger partial charge is 0.0548 e. The number of rotatable bonds is 4. The molecule has 2 fully saturated rings. The zero-order valence-corrected chi connectivity index (χ0v) is 20.7. The van der Waals surface area contributed by atoms with E-state index >= 15 is 0 Å². The van der Waals surface area contributed by atoms with Gasteiger partial charge in [0, 0.05) is 0 Å². The van der Waals surface area contributed by atoms with Crippen LogP contribution in [0, 0.1) is 17.7 Å². The van der Waals surface area contributed by atoms with Crippen LogP contribution < -0.4 is 22.2 Å². The second-order valence-corrected chi connectivity index (χ2v) is 11.3. The first-order chi connectivity index (χ1) is 13.5. The van der Waals surface area contributed by atoms with Crippen LogP contribution in [0.2, 0.25) is 0 Å². The number of benzene rings is 1. The monoisotopic (exact) mass is 612 g/mol. The minimum absolute atomic E-state index is 0.0105. The SMILES string of the molecule is COc1cc(C(=N)OC(=N)N2CCC(N3CCN([I-]I)CC3)CC2)ccc1C. The molecule has 2 heterocycles. The van der Waals surface area contributed by atoms with Crippen molar-refractivity contribution < 1.29 is 27.0 Å². The zero-order chi connectivity index (χ0) is 20.1. The Morgan fingerprint density at radius 2 is 1.79 bits per heavy atom. The molecule has 0 saturated carbocycles. The summed E-state index contributed by atoms with van der Waals surface area (Å²) in [5.74, 6) is 0.714. The Morgan fingerprint density at radius 3 is 2.39 bits per heavy atom. The molecule has 9 heteroatoms. The number of hydrogen-bond donors (Lipinski definition) is 2. The van der Waals surface area contributed by atoms with Gasteiger partial charge >= 0.3 is 140 Å². The number of piperidine rings is 1. The number of nitrogens with zero attached hydrogens (tertiary/aromatic N) is 3. The maximum Gasteiger partial charge on any atom is -0.00897 e. The molecule has 0 bridgehead atoms. The summed E-state index contributed by atoms with van der Waals surface area (Å²) in [5, 5.41) is 16.5. The van der Waals surface area contributed by atoms with Crippen LogP contribution in [0.3, 0.4) is 0 Å². The van der Waals surface area contributed by atoms with E-state index < -0.39 is 0 Å². The van der Waals surface area contributed by atoms with Crippen molar-refractivity contribution in [3.63, 3.8) is 0 Å². The first-order valence-corrected chi connectivity index (χ1v) is 16.8. The molecule has 7 nitrogen and oxygen atoms in total. The first-order valence-electron chi connectivity index (χ1n) is 9.52. The Labute approximate surface area is 187 Å². The number of piperazine rings is 1. The van der Waals surface area contributed by atoms with Crippen molar-refractivity contribution in [1.29, 1.82) is 10.8 Å². The summed E-state index contributed by atoms with van der Waals surface area (Å²) in [6, 6.07) is 6.20. The van der Waals surface area contributed by atoms with E-state index in [2.05, 4.69) is 26.6 Å². The molecule has 0 radical (unpaired) electrons. The van der Waals surface area contributed by atoms with E-state index in [1.54, 1.807) is 13.2 Å². The molecule has 0 atom stereocenters. The fraction of sp³-hybridized carbons (Fsp3) is 0.579. The van der Waals surface area contributed by atoms with Gasteiger partial charge in [0.2, 0.25) is 0 Å². The predicted molar refractivity (Wildman–Crippen MR) is 115 cm³/mol. The van der Waals surface area contributed by atoms with Crippen LogP contribution in [0.1, 0.15) is 24.0 Å². The number of amidine groups is 1. The molecule has 2 aliphatic heterocycles. The third-order valence-electron chi connectivity index (χ3n) is 5.49. The van der Waals surface area contributed by atoms with E-state index in [0.717, 1.165) is 37.2 Å². The molecular weight excluding hydrogens is 584 g/mol. The van der Waals surface area contributed by atoms with Crippen molar-refractivity contribution in [3.8, 4) is 5.75 Å². The van der Waals surface area contributed by atoms with Gasteiger partial charge in [0.15, 0.2) is 0 Å². The maximum absolute atomic E-state index is 8.28. The molecule has 3 rings (SSSR count). The minimum Gasteiger partial charge on any atom is -0.0548 e. The quantitative estimate of drug-likeness (QED) is 0.212. The fourth-order valence-electron chi connectivity index (χ4n) is 3.74.